The number of imidazole rings is 1. The van der Waals surface area contributed by atoms with Gasteiger partial charge in [-0.1, -0.05) is 0 Å². The smallest absolute Gasteiger partial charge is 0.277 e. The van der Waals surface area contributed by atoms with E-state index in [4.69, 9.17) is 4.74 Å². The molecule has 10 heteroatoms. The van der Waals surface area contributed by atoms with Crippen LogP contribution in [0.5, 0.6) is 5.88 Å². The average Bonchev–Trinajstić information content (AvgIpc) is 3.29. The lowest BCUT2D eigenvalue weighted by molar-refractivity contribution is 0.102. The summed E-state index contributed by atoms with van der Waals surface area (Å²) in [6, 6.07) is 1.20. The number of aromatic nitrogens is 5. The summed E-state index contributed by atoms with van der Waals surface area (Å²) in [6.45, 7) is 3.75. The molecule has 2 fully saturated rings. The topological polar surface area (TPSA) is 110 Å². The van der Waals surface area contributed by atoms with Gasteiger partial charge in [0, 0.05) is 31.4 Å². The predicted octanol–water partition coefficient (Wildman–Crippen LogP) is 1.42. The molecule has 1 atom stereocenters. The van der Waals surface area contributed by atoms with Crippen molar-refractivity contribution in [1.29, 1.82) is 0 Å². The largest absolute Gasteiger partial charge is 0.478 e. The van der Waals surface area contributed by atoms with Crippen LogP contribution >= 0.6 is 0 Å². The van der Waals surface area contributed by atoms with Crippen LogP contribution in [0.4, 0.5) is 11.6 Å². The lowest BCUT2D eigenvalue weighted by Gasteiger charge is -2.17. The molecule has 156 valence electrons. The van der Waals surface area contributed by atoms with E-state index in [0.29, 0.717) is 29.4 Å². The zero-order chi connectivity index (χ0) is 20.7. The Balaban J connectivity index is 1.27. The molecule has 30 heavy (non-hydrogen) atoms. The maximum absolute atomic E-state index is 12.6. The Labute approximate surface area is 173 Å². The summed E-state index contributed by atoms with van der Waals surface area (Å²) in [5.41, 5.74) is 1.65. The van der Waals surface area contributed by atoms with E-state index in [1.807, 2.05) is 13.1 Å². The van der Waals surface area contributed by atoms with Crippen molar-refractivity contribution in [3.05, 3.63) is 36.2 Å². The van der Waals surface area contributed by atoms with Gasteiger partial charge in [0.2, 0.25) is 5.65 Å². The second-order valence-electron chi connectivity index (χ2n) is 7.84. The summed E-state index contributed by atoms with van der Waals surface area (Å²) in [7, 11) is 1.52. The summed E-state index contributed by atoms with van der Waals surface area (Å²) >= 11 is 0. The first kappa shape index (κ1) is 18.7. The van der Waals surface area contributed by atoms with E-state index in [0.717, 1.165) is 31.0 Å². The molecule has 1 aliphatic carbocycles. The standard InChI is InChI=1S/C20H24N8O2/c1-12-9-28-11-16(26-20(30-2)18(28)23-12)25-19(29)15-7-22-17(8-21-15)27-6-5-14(10-27)24-13-3-4-13/h7-9,11,13-14,24H,3-6,10H2,1-2H3,(H,25,29)/t14-/m1/s1. The third-order valence-corrected chi connectivity index (χ3v) is 5.39. The molecule has 0 spiro atoms. The third kappa shape index (κ3) is 3.78. The number of nitrogens with one attached hydrogen (secondary N) is 2. The van der Waals surface area contributed by atoms with Gasteiger partial charge in [-0.3, -0.25) is 9.20 Å². The van der Waals surface area contributed by atoms with Crippen molar-refractivity contribution in [2.75, 3.05) is 30.4 Å². The van der Waals surface area contributed by atoms with Crippen molar-refractivity contribution in [2.24, 2.45) is 0 Å². The molecule has 1 aliphatic heterocycles. The van der Waals surface area contributed by atoms with Crippen molar-refractivity contribution < 1.29 is 9.53 Å². The monoisotopic (exact) mass is 408 g/mol. The molecule has 1 saturated heterocycles. The van der Waals surface area contributed by atoms with Crippen LogP contribution in [0.2, 0.25) is 0 Å². The number of aryl methyl sites for hydroxylation is 1. The minimum absolute atomic E-state index is 0.230. The summed E-state index contributed by atoms with van der Waals surface area (Å²) in [5.74, 6) is 1.10. The summed E-state index contributed by atoms with van der Waals surface area (Å²) in [6.07, 6.45) is 10.4. The molecule has 1 saturated carbocycles. The van der Waals surface area contributed by atoms with Crippen molar-refractivity contribution in [1.82, 2.24) is 29.7 Å². The number of methoxy groups -OCH3 is 1. The van der Waals surface area contributed by atoms with E-state index in [1.165, 1.54) is 26.1 Å². The molecule has 3 aromatic heterocycles. The molecular weight excluding hydrogens is 384 g/mol. The van der Waals surface area contributed by atoms with Gasteiger partial charge in [-0.05, 0) is 26.2 Å². The first-order chi connectivity index (χ1) is 14.6. The molecule has 3 aromatic rings. The molecule has 10 nitrogen and oxygen atoms in total. The first-order valence-corrected chi connectivity index (χ1v) is 10.1. The number of rotatable bonds is 6. The molecule has 4 heterocycles. The molecule has 0 aromatic carbocycles. The zero-order valence-electron chi connectivity index (χ0n) is 17.0. The zero-order valence-corrected chi connectivity index (χ0v) is 17.0. The number of carbonyl (C=O) groups excluding carboxylic acids is 1. The van der Waals surface area contributed by atoms with Crippen LogP contribution in [0.25, 0.3) is 5.65 Å². The molecule has 0 radical (unpaired) electrons. The Morgan fingerprint density at radius 2 is 2.00 bits per heavy atom. The lowest BCUT2D eigenvalue weighted by atomic mass is 10.2. The number of anilines is 2. The molecule has 1 amide bonds. The predicted molar refractivity (Wildman–Crippen MR) is 111 cm³/mol. The van der Waals surface area contributed by atoms with Gasteiger partial charge in [0.15, 0.2) is 5.82 Å². The highest BCUT2D eigenvalue weighted by Crippen LogP contribution is 2.24. The van der Waals surface area contributed by atoms with Gasteiger partial charge in [-0.2, -0.15) is 4.98 Å². The van der Waals surface area contributed by atoms with Gasteiger partial charge in [-0.25, -0.2) is 15.0 Å². The van der Waals surface area contributed by atoms with Crippen molar-refractivity contribution >= 4 is 23.2 Å². The maximum Gasteiger partial charge on any atom is 0.277 e. The lowest BCUT2D eigenvalue weighted by Crippen LogP contribution is -2.34. The summed E-state index contributed by atoms with van der Waals surface area (Å²) in [5, 5.41) is 6.41. The third-order valence-electron chi connectivity index (χ3n) is 5.39. The SMILES string of the molecule is COc1nc(NC(=O)c2cnc(N3CC[C@@H](NC4CC4)C3)cn2)cn2cc(C)nc12. The highest BCUT2D eigenvalue weighted by Gasteiger charge is 2.29. The van der Waals surface area contributed by atoms with E-state index >= 15 is 0 Å². The summed E-state index contributed by atoms with van der Waals surface area (Å²) < 4.78 is 7.06. The molecule has 0 unspecified atom stereocenters. The number of fused-ring (bicyclic) bond motifs is 1. The number of hydrogen-bond acceptors (Lipinski definition) is 8. The van der Waals surface area contributed by atoms with Crippen molar-refractivity contribution in [2.45, 2.75) is 38.3 Å². The fourth-order valence-electron chi connectivity index (χ4n) is 3.76. The fraction of sp³-hybridized carbons (Fsp3) is 0.450. The van der Waals surface area contributed by atoms with Gasteiger partial charge in [-0.15, -0.1) is 0 Å². The maximum atomic E-state index is 12.6. The molecule has 2 aliphatic rings. The highest BCUT2D eigenvalue weighted by molar-refractivity contribution is 6.02. The van der Waals surface area contributed by atoms with Gasteiger partial charge in [0.05, 0.1) is 31.4 Å². The van der Waals surface area contributed by atoms with E-state index in [2.05, 4.69) is 35.5 Å². The van der Waals surface area contributed by atoms with Crippen molar-refractivity contribution in [3.63, 3.8) is 0 Å². The van der Waals surface area contributed by atoms with E-state index in [9.17, 15) is 4.79 Å². The number of carbonyl (C=O) groups is 1. The molecular formula is C20H24N8O2. The van der Waals surface area contributed by atoms with Gasteiger partial charge >= 0.3 is 0 Å². The normalized spacial score (nSPS) is 18.7. The van der Waals surface area contributed by atoms with Crippen LogP contribution in [0.1, 0.15) is 35.4 Å². The molecule has 0 bridgehead atoms. The van der Waals surface area contributed by atoms with Crippen LogP contribution < -0.4 is 20.3 Å². The quantitative estimate of drug-likeness (QED) is 0.630. The minimum atomic E-state index is -0.380. The summed E-state index contributed by atoms with van der Waals surface area (Å²) in [4.78, 5) is 32.3. The highest BCUT2D eigenvalue weighted by atomic mass is 16.5. The number of nitrogens with zero attached hydrogens (tertiary/aromatic N) is 6. The van der Waals surface area contributed by atoms with Gasteiger partial charge in [0.25, 0.3) is 11.8 Å². The van der Waals surface area contributed by atoms with E-state index < -0.39 is 0 Å². The molecule has 2 N–H and O–H groups in total. The van der Waals surface area contributed by atoms with Crippen LogP contribution in [0.3, 0.4) is 0 Å². The number of hydrogen-bond donors (Lipinski definition) is 2. The number of amides is 1. The van der Waals surface area contributed by atoms with Gasteiger partial charge in [0.1, 0.15) is 11.5 Å². The Morgan fingerprint density at radius 1 is 1.13 bits per heavy atom. The Kier molecular flexibility index (Phi) is 4.70. The Hall–Kier alpha value is -3.27. The number of ether oxygens (including phenoxy) is 1. The fourth-order valence-corrected chi connectivity index (χ4v) is 3.76. The Morgan fingerprint density at radius 3 is 2.73 bits per heavy atom. The van der Waals surface area contributed by atoms with E-state index in [1.54, 1.807) is 16.8 Å². The minimum Gasteiger partial charge on any atom is -0.478 e. The van der Waals surface area contributed by atoms with Crippen LogP contribution in [-0.2, 0) is 0 Å². The Bertz CT molecular complexity index is 1080. The van der Waals surface area contributed by atoms with Crippen LogP contribution in [0.15, 0.2) is 24.8 Å². The van der Waals surface area contributed by atoms with Crippen LogP contribution in [0, 0.1) is 6.92 Å². The van der Waals surface area contributed by atoms with E-state index in [-0.39, 0.29) is 11.6 Å². The second kappa shape index (κ2) is 7.52. The first-order valence-electron chi connectivity index (χ1n) is 10.1. The van der Waals surface area contributed by atoms with Crippen LogP contribution in [-0.4, -0.2) is 62.5 Å². The second-order valence-corrected chi connectivity index (χ2v) is 7.84. The van der Waals surface area contributed by atoms with Crippen molar-refractivity contribution in [3.8, 4) is 5.88 Å². The average molecular weight is 408 g/mol. The van der Waals surface area contributed by atoms with Gasteiger partial charge < -0.3 is 20.3 Å². The molecule has 5 rings (SSSR count).